The average molecular weight is 343 g/mol. The maximum Gasteiger partial charge on any atom is 0.337 e. The zero-order valence-corrected chi connectivity index (χ0v) is 15.6. The predicted molar refractivity (Wildman–Crippen MR) is 94.8 cm³/mol. The van der Waals surface area contributed by atoms with Crippen LogP contribution in [0.3, 0.4) is 0 Å². The lowest BCUT2D eigenvalue weighted by Gasteiger charge is -2.22. The monoisotopic (exact) mass is 343 g/mol. The molecule has 1 rings (SSSR count). The van der Waals surface area contributed by atoms with Crippen LogP contribution >= 0.6 is 7.60 Å². The molecule has 130 valence electrons. The average Bonchev–Trinajstić information content (AvgIpc) is 2.36. The van der Waals surface area contributed by atoms with E-state index in [0.717, 1.165) is 5.69 Å². The summed E-state index contributed by atoms with van der Waals surface area (Å²) < 4.78 is 37.6. The van der Waals surface area contributed by atoms with E-state index in [0.29, 0.717) is 5.56 Å². The van der Waals surface area contributed by atoms with Gasteiger partial charge in [0.15, 0.2) is 0 Å². The highest BCUT2D eigenvalue weighted by Crippen LogP contribution is 2.52. The van der Waals surface area contributed by atoms with Crippen molar-refractivity contribution in [3.63, 3.8) is 0 Å². The first-order chi connectivity index (χ1) is 10.6. The molecule has 0 bridgehead atoms. The van der Waals surface area contributed by atoms with Crippen LogP contribution in [0.5, 0.6) is 0 Å². The molecule has 0 amide bonds. The SMILES string of the molecule is CC(C)OP(=O)(C/C(F)=C/c1ccc(N(C)C)cc1)OC(C)C. The van der Waals surface area contributed by atoms with Crippen LogP contribution in [0.2, 0.25) is 0 Å². The maximum absolute atomic E-state index is 14.3. The van der Waals surface area contributed by atoms with Crippen molar-refractivity contribution in [2.75, 3.05) is 25.2 Å². The van der Waals surface area contributed by atoms with E-state index in [-0.39, 0.29) is 18.4 Å². The van der Waals surface area contributed by atoms with Gasteiger partial charge in [0.25, 0.3) is 0 Å². The van der Waals surface area contributed by atoms with Crippen LogP contribution in [-0.2, 0) is 13.6 Å². The molecule has 0 aliphatic rings. The van der Waals surface area contributed by atoms with E-state index < -0.39 is 13.4 Å². The molecule has 0 radical (unpaired) electrons. The fourth-order valence-corrected chi connectivity index (χ4v) is 3.97. The molecule has 0 aromatic heterocycles. The van der Waals surface area contributed by atoms with Gasteiger partial charge in [-0.25, -0.2) is 4.39 Å². The van der Waals surface area contributed by atoms with E-state index in [1.165, 1.54) is 6.08 Å². The van der Waals surface area contributed by atoms with E-state index in [1.807, 2.05) is 43.3 Å². The Hall–Kier alpha value is -1.16. The van der Waals surface area contributed by atoms with Crippen LogP contribution in [0.15, 0.2) is 30.1 Å². The van der Waals surface area contributed by atoms with Gasteiger partial charge < -0.3 is 13.9 Å². The van der Waals surface area contributed by atoms with Crippen molar-refractivity contribution < 1.29 is 18.0 Å². The number of allylic oxidation sites excluding steroid dienone is 1. The lowest BCUT2D eigenvalue weighted by atomic mass is 10.2. The Morgan fingerprint density at radius 3 is 2.00 bits per heavy atom. The van der Waals surface area contributed by atoms with E-state index >= 15 is 0 Å². The van der Waals surface area contributed by atoms with Crippen LogP contribution in [0.1, 0.15) is 33.3 Å². The van der Waals surface area contributed by atoms with Gasteiger partial charge in [0, 0.05) is 19.8 Å². The number of benzene rings is 1. The lowest BCUT2D eigenvalue weighted by Crippen LogP contribution is -2.10. The molecule has 0 unspecified atom stereocenters. The molecular formula is C17H27FNO3P. The molecule has 0 saturated heterocycles. The Labute approximate surface area is 138 Å². The van der Waals surface area contributed by atoms with Crippen molar-refractivity contribution in [2.24, 2.45) is 0 Å². The summed E-state index contributed by atoms with van der Waals surface area (Å²) in [5, 5.41) is 0. The fraction of sp³-hybridized carbons (Fsp3) is 0.529. The highest BCUT2D eigenvalue weighted by molar-refractivity contribution is 7.54. The molecule has 23 heavy (non-hydrogen) atoms. The molecule has 0 fully saturated rings. The quantitative estimate of drug-likeness (QED) is 0.615. The molecule has 0 aliphatic carbocycles. The summed E-state index contributed by atoms with van der Waals surface area (Å²) in [4.78, 5) is 1.96. The molecule has 1 aromatic carbocycles. The van der Waals surface area contributed by atoms with Crippen molar-refractivity contribution in [1.29, 1.82) is 0 Å². The number of anilines is 1. The van der Waals surface area contributed by atoms with Crippen molar-refractivity contribution in [2.45, 2.75) is 39.9 Å². The zero-order valence-electron chi connectivity index (χ0n) is 14.7. The largest absolute Gasteiger partial charge is 0.378 e. The third-order valence-electron chi connectivity index (χ3n) is 2.82. The van der Waals surface area contributed by atoms with E-state index in [2.05, 4.69) is 0 Å². The second-order valence-corrected chi connectivity index (χ2v) is 8.11. The first kappa shape index (κ1) is 19.9. The zero-order chi connectivity index (χ0) is 17.6. The summed E-state index contributed by atoms with van der Waals surface area (Å²) in [5.41, 5.74) is 1.73. The van der Waals surface area contributed by atoms with Crippen molar-refractivity contribution in [3.05, 3.63) is 35.7 Å². The van der Waals surface area contributed by atoms with Gasteiger partial charge in [-0.15, -0.1) is 0 Å². The summed E-state index contributed by atoms with van der Waals surface area (Å²) in [6.45, 7) is 6.99. The molecule has 0 heterocycles. The fourth-order valence-electron chi connectivity index (χ4n) is 2.02. The van der Waals surface area contributed by atoms with Crippen LogP contribution in [0.4, 0.5) is 10.1 Å². The summed E-state index contributed by atoms with van der Waals surface area (Å²) in [5.74, 6) is -0.521. The third-order valence-corrected chi connectivity index (χ3v) is 5.00. The molecule has 0 saturated carbocycles. The second-order valence-electron chi connectivity index (χ2n) is 6.15. The topological polar surface area (TPSA) is 38.8 Å². The summed E-state index contributed by atoms with van der Waals surface area (Å²) in [6, 6.07) is 7.42. The molecule has 0 atom stereocenters. The molecule has 0 spiro atoms. The Morgan fingerprint density at radius 2 is 1.61 bits per heavy atom. The molecule has 0 aliphatic heterocycles. The minimum Gasteiger partial charge on any atom is -0.378 e. The van der Waals surface area contributed by atoms with Crippen molar-refractivity contribution in [1.82, 2.24) is 0 Å². The Bertz CT molecular complexity index is 554. The highest BCUT2D eigenvalue weighted by Gasteiger charge is 2.29. The van der Waals surface area contributed by atoms with Gasteiger partial charge in [-0.1, -0.05) is 12.1 Å². The Kier molecular flexibility index (Phi) is 7.46. The van der Waals surface area contributed by atoms with E-state index in [4.69, 9.17) is 9.05 Å². The number of rotatable bonds is 8. The first-order valence-corrected chi connectivity index (χ1v) is 9.43. The van der Waals surface area contributed by atoms with Gasteiger partial charge in [-0.2, -0.15) is 0 Å². The van der Waals surface area contributed by atoms with Gasteiger partial charge in [-0.05, 0) is 51.5 Å². The second kappa shape index (κ2) is 8.62. The van der Waals surface area contributed by atoms with Gasteiger partial charge in [0.2, 0.25) is 0 Å². The minimum absolute atomic E-state index is 0.299. The number of hydrogen-bond donors (Lipinski definition) is 0. The minimum atomic E-state index is -3.50. The van der Waals surface area contributed by atoms with Crippen LogP contribution < -0.4 is 4.90 Å². The Balaban J connectivity index is 2.88. The lowest BCUT2D eigenvalue weighted by molar-refractivity contribution is 0.143. The Morgan fingerprint density at radius 1 is 1.13 bits per heavy atom. The molecule has 1 aromatic rings. The molecule has 4 nitrogen and oxygen atoms in total. The highest BCUT2D eigenvalue weighted by atomic mass is 31.2. The van der Waals surface area contributed by atoms with Crippen molar-refractivity contribution in [3.8, 4) is 0 Å². The maximum atomic E-state index is 14.3. The first-order valence-electron chi connectivity index (χ1n) is 7.70. The van der Waals surface area contributed by atoms with Crippen LogP contribution in [0.25, 0.3) is 6.08 Å². The summed E-state index contributed by atoms with van der Waals surface area (Å²) in [7, 11) is 0.376. The van der Waals surface area contributed by atoms with Gasteiger partial charge in [-0.3, -0.25) is 4.57 Å². The van der Waals surface area contributed by atoms with Gasteiger partial charge in [0.1, 0.15) is 12.0 Å². The number of halogens is 1. The number of hydrogen-bond acceptors (Lipinski definition) is 4. The molecule has 6 heteroatoms. The predicted octanol–water partition coefficient (Wildman–Crippen LogP) is 5.11. The van der Waals surface area contributed by atoms with E-state index in [1.54, 1.807) is 27.7 Å². The third kappa shape index (κ3) is 7.30. The van der Waals surface area contributed by atoms with Crippen molar-refractivity contribution >= 4 is 19.4 Å². The van der Waals surface area contributed by atoms with Gasteiger partial charge in [0.05, 0.1) is 12.2 Å². The summed E-state index contributed by atoms with van der Waals surface area (Å²) in [6.07, 6.45) is 0.400. The smallest absolute Gasteiger partial charge is 0.337 e. The summed E-state index contributed by atoms with van der Waals surface area (Å²) >= 11 is 0. The van der Waals surface area contributed by atoms with Gasteiger partial charge >= 0.3 is 7.60 Å². The van der Waals surface area contributed by atoms with Crippen LogP contribution in [0, 0.1) is 0 Å². The normalized spacial score (nSPS) is 13.0. The number of nitrogens with zero attached hydrogens (tertiary/aromatic N) is 1. The standard InChI is InChI=1S/C17H27FNO3P/c1-13(2)21-23(20,22-14(3)4)12-16(18)11-15-7-9-17(10-8-15)19(5)6/h7-11,13-14H,12H2,1-6H3/b16-11-. The van der Waals surface area contributed by atoms with Crippen LogP contribution in [-0.4, -0.2) is 32.5 Å². The van der Waals surface area contributed by atoms with E-state index in [9.17, 15) is 8.96 Å². The molecule has 0 N–H and O–H groups in total. The molecular weight excluding hydrogens is 316 g/mol.